The van der Waals surface area contributed by atoms with Gasteiger partial charge in [0.05, 0.1) is 23.0 Å². The fourth-order valence-corrected chi connectivity index (χ4v) is 3.72. The smallest absolute Gasteiger partial charge is 0.339 e. The SMILES string of the molecule is CCCCNC(=O)COC(=O)c1c2c(nc3ccccc13)/C(=C/c1ccco1)CC2. The Bertz CT molecular complexity index is 1100. The average molecular weight is 404 g/mol. The molecule has 0 saturated carbocycles. The minimum atomic E-state index is -0.491. The van der Waals surface area contributed by atoms with Crippen LogP contribution in [0.2, 0.25) is 0 Å². The van der Waals surface area contributed by atoms with Gasteiger partial charge in [-0.1, -0.05) is 31.5 Å². The van der Waals surface area contributed by atoms with Gasteiger partial charge in [-0.05, 0) is 54.7 Å². The zero-order chi connectivity index (χ0) is 20.9. The van der Waals surface area contributed by atoms with Crippen LogP contribution >= 0.6 is 0 Å². The van der Waals surface area contributed by atoms with Crippen LogP contribution in [0.1, 0.15) is 53.6 Å². The molecule has 0 atom stereocenters. The Morgan fingerprint density at radius 3 is 2.87 bits per heavy atom. The maximum absolute atomic E-state index is 13.0. The lowest BCUT2D eigenvalue weighted by molar-refractivity contribution is -0.124. The molecule has 1 amide bonds. The van der Waals surface area contributed by atoms with Gasteiger partial charge in [-0.2, -0.15) is 0 Å². The number of ether oxygens (including phenoxy) is 1. The molecule has 30 heavy (non-hydrogen) atoms. The molecule has 0 saturated heterocycles. The van der Waals surface area contributed by atoms with E-state index in [-0.39, 0.29) is 12.5 Å². The first kappa shape index (κ1) is 19.9. The van der Waals surface area contributed by atoms with E-state index in [1.54, 1.807) is 6.26 Å². The third-order valence-corrected chi connectivity index (χ3v) is 5.19. The second-order valence-corrected chi connectivity index (χ2v) is 7.30. The molecule has 0 spiro atoms. The van der Waals surface area contributed by atoms with E-state index in [1.165, 1.54) is 0 Å². The van der Waals surface area contributed by atoms with E-state index in [4.69, 9.17) is 14.1 Å². The van der Waals surface area contributed by atoms with Gasteiger partial charge in [0.2, 0.25) is 0 Å². The number of pyridine rings is 1. The number of unbranched alkanes of at least 4 members (excludes halogenated alkanes) is 1. The molecule has 3 aromatic rings. The first-order valence-corrected chi connectivity index (χ1v) is 10.3. The summed E-state index contributed by atoms with van der Waals surface area (Å²) in [7, 11) is 0. The molecule has 2 heterocycles. The van der Waals surface area contributed by atoms with Crippen molar-refractivity contribution in [3.8, 4) is 0 Å². The third kappa shape index (κ3) is 4.13. The number of aromatic nitrogens is 1. The van der Waals surface area contributed by atoms with E-state index in [1.807, 2.05) is 42.5 Å². The van der Waals surface area contributed by atoms with Crippen molar-refractivity contribution in [3.05, 3.63) is 65.2 Å². The van der Waals surface area contributed by atoms with Crippen molar-refractivity contribution in [2.75, 3.05) is 13.2 Å². The number of nitrogens with zero attached hydrogens (tertiary/aromatic N) is 1. The average Bonchev–Trinajstić information content (AvgIpc) is 3.41. The molecule has 1 aliphatic carbocycles. The molecule has 1 aromatic carbocycles. The third-order valence-electron chi connectivity index (χ3n) is 5.19. The number of benzene rings is 1. The second kappa shape index (κ2) is 8.95. The van der Waals surface area contributed by atoms with Crippen LogP contribution in [-0.4, -0.2) is 30.0 Å². The summed E-state index contributed by atoms with van der Waals surface area (Å²) < 4.78 is 10.8. The van der Waals surface area contributed by atoms with E-state index in [0.717, 1.165) is 52.8 Å². The highest BCUT2D eigenvalue weighted by molar-refractivity contribution is 6.07. The van der Waals surface area contributed by atoms with Crippen molar-refractivity contribution in [2.45, 2.75) is 32.6 Å². The van der Waals surface area contributed by atoms with Crippen LogP contribution < -0.4 is 5.32 Å². The Morgan fingerprint density at radius 1 is 1.20 bits per heavy atom. The molecule has 6 heteroatoms. The van der Waals surface area contributed by atoms with Crippen LogP contribution in [0.3, 0.4) is 0 Å². The van der Waals surface area contributed by atoms with Gasteiger partial charge < -0.3 is 14.5 Å². The number of carbonyl (C=O) groups is 2. The predicted molar refractivity (Wildman–Crippen MR) is 115 cm³/mol. The number of para-hydroxylation sites is 1. The van der Waals surface area contributed by atoms with Gasteiger partial charge in [-0.25, -0.2) is 9.78 Å². The molecule has 154 valence electrons. The zero-order valence-corrected chi connectivity index (χ0v) is 16.9. The Balaban J connectivity index is 1.64. The molecule has 2 aromatic heterocycles. The van der Waals surface area contributed by atoms with Gasteiger partial charge in [-0.3, -0.25) is 4.79 Å². The lowest BCUT2D eigenvalue weighted by atomic mass is 10.0. The molecule has 1 aliphatic rings. The van der Waals surface area contributed by atoms with Crippen molar-refractivity contribution in [1.82, 2.24) is 10.3 Å². The molecule has 4 rings (SSSR count). The lowest BCUT2D eigenvalue weighted by Gasteiger charge is -2.12. The van der Waals surface area contributed by atoms with Crippen LogP contribution in [0, 0.1) is 0 Å². The summed E-state index contributed by atoms with van der Waals surface area (Å²) >= 11 is 0. The van der Waals surface area contributed by atoms with Crippen molar-refractivity contribution in [3.63, 3.8) is 0 Å². The van der Waals surface area contributed by atoms with E-state index in [2.05, 4.69) is 12.2 Å². The number of rotatable bonds is 7. The van der Waals surface area contributed by atoms with Gasteiger partial charge in [0.25, 0.3) is 5.91 Å². The molecule has 6 nitrogen and oxygen atoms in total. The lowest BCUT2D eigenvalue weighted by Crippen LogP contribution is -2.29. The van der Waals surface area contributed by atoms with Crippen LogP contribution in [0.15, 0.2) is 47.1 Å². The van der Waals surface area contributed by atoms with E-state index < -0.39 is 5.97 Å². The highest BCUT2D eigenvalue weighted by atomic mass is 16.5. The molecule has 1 N–H and O–H groups in total. The summed E-state index contributed by atoms with van der Waals surface area (Å²) in [6.07, 6.45) is 6.92. The second-order valence-electron chi connectivity index (χ2n) is 7.30. The summed E-state index contributed by atoms with van der Waals surface area (Å²) in [6.45, 7) is 2.35. The number of fused-ring (bicyclic) bond motifs is 2. The number of amides is 1. The molecule has 0 fully saturated rings. The largest absolute Gasteiger partial charge is 0.465 e. The minimum absolute atomic E-state index is 0.287. The normalized spacial score (nSPS) is 14.1. The van der Waals surface area contributed by atoms with Crippen LogP contribution in [0.5, 0.6) is 0 Å². The van der Waals surface area contributed by atoms with E-state index in [0.29, 0.717) is 18.5 Å². The summed E-state index contributed by atoms with van der Waals surface area (Å²) in [4.78, 5) is 29.8. The molecular weight excluding hydrogens is 380 g/mol. The summed E-state index contributed by atoms with van der Waals surface area (Å²) in [5, 5.41) is 3.51. The van der Waals surface area contributed by atoms with Crippen molar-refractivity contribution in [2.24, 2.45) is 0 Å². The fourth-order valence-electron chi connectivity index (χ4n) is 3.72. The maximum Gasteiger partial charge on any atom is 0.339 e. The Kier molecular flexibility index (Phi) is 5.93. The van der Waals surface area contributed by atoms with Crippen molar-refractivity contribution < 1.29 is 18.7 Å². The molecule has 0 bridgehead atoms. The maximum atomic E-state index is 13.0. The van der Waals surface area contributed by atoms with Crippen molar-refractivity contribution >= 4 is 34.4 Å². The summed E-state index contributed by atoms with van der Waals surface area (Å²) in [6, 6.07) is 11.2. The highest BCUT2D eigenvalue weighted by Gasteiger charge is 2.28. The van der Waals surface area contributed by atoms with Crippen molar-refractivity contribution in [1.29, 1.82) is 0 Å². The van der Waals surface area contributed by atoms with Gasteiger partial charge in [-0.15, -0.1) is 0 Å². The van der Waals surface area contributed by atoms with Gasteiger partial charge in [0, 0.05) is 11.9 Å². The highest BCUT2D eigenvalue weighted by Crippen LogP contribution is 2.37. The standard InChI is InChI=1S/C24H24N2O4/c1-2-3-12-25-21(27)15-30-24(28)22-18-8-4-5-9-20(18)26-23-16(10-11-19(22)23)14-17-7-6-13-29-17/h4-9,13-14H,2-3,10-12,15H2,1H3,(H,25,27)/b16-14+. The number of allylic oxidation sites excluding steroid dienone is 1. The van der Waals surface area contributed by atoms with Crippen LogP contribution in [-0.2, 0) is 16.0 Å². The molecule has 0 unspecified atom stereocenters. The summed E-state index contributed by atoms with van der Waals surface area (Å²) in [5.74, 6) is -0.0272. The van der Waals surface area contributed by atoms with Crippen LogP contribution in [0.25, 0.3) is 22.6 Å². The Morgan fingerprint density at radius 2 is 2.07 bits per heavy atom. The first-order chi connectivity index (χ1) is 14.7. The molecule has 0 radical (unpaired) electrons. The Labute approximate surface area is 174 Å². The topological polar surface area (TPSA) is 81.4 Å². The number of hydrogen-bond donors (Lipinski definition) is 1. The molecular formula is C24H24N2O4. The molecule has 0 aliphatic heterocycles. The van der Waals surface area contributed by atoms with E-state index >= 15 is 0 Å². The van der Waals surface area contributed by atoms with Gasteiger partial charge in [0.1, 0.15) is 5.76 Å². The Hall–Kier alpha value is -3.41. The predicted octanol–water partition coefficient (Wildman–Crippen LogP) is 4.39. The first-order valence-electron chi connectivity index (χ1n) is 10.3. The number of hydrogen-bond acceptors (Lipinski definition) is 5. The number of furan rings is 1. The van der Waals surface area contributed by atoms with E-state index in [9.17, 15) is 9.59 Å². The fraction of sp³-hybridized carbons (Fsp3) is 0.292. The number of carbonyl (C=O) groups excluding carboxylic acids is 2. The zero-order valence-electron chi connectivity index (χ0n) is 16.9. The quantitative estimate of drug-likeness (QED) is 0.467. The van der Waals surface area contributed by atoms with Gasteiger partial charge >= 0.3 is 5.97 Å². The number of esters is 1. The number of nitrogens with one attached hydrogen (secondary N) is 1. The summed E-state index contributed by atoms with van der Waals surface area (Å²) in [5.41, 5.74) is 3.91. The minimum Gasteiger partial charge on any atom is -0.465 e. The van der Waals surface area contributed by atoms with Crippen LogP contribution in [0.4, 0.5) is 0 Å². The monoisotopic (exact) mass is 404 g/mol. The van der Waals surface area contributed by atoms with Gasteiger partial charge in [0.15, 0.2) is 6.61 Å².